The summed E-state index contributed by atoms with van der Waals surface area (Å²) in [5.41, 5.74) is 2.76. The first-order chi connectivity index (χ1) is 14.5. The Morgan fingerprint density at radius 1 is 1.03 bits per heavy atom. The molecule has 2 heterocycles. The van der Waals surface area contributed by atoms with Gasteiger partial charge in [0.25, 0.3) is 0 Å². The van der Waals surface area contributed by atoms with Crippen LogP contribution in [0.5, 0.6) is 0 Å². The summed E-state index contributed by atoms with van der Waals surface area (Å²) in [6, 6.07) is 16.0. The molecule has 0 radical (unpaired) electrons. The fourth-order valence-electron chi connectivity index (χ4n) is 3.54. The van der Waals surface area contributed by atoms with Crippen molar-refractivity contribution in [3.63, 3.8) is 0 Å². The highest BCUT2D eigenvalue weighted by Gasteiger charge is 2.27. The number of aromatic nitrogens is 2. The van der Waals surface area contributed by atoms with Crippen LogP contribution in [0, 0.1) is 0 Å². The molecule has 0 atom stereocenters. The molecule has 0 bridgehead atoms. The van der Waals surface area contributed by atoms with E-state index in [1.807, 2.05) is 48.5 Å². The smallest absolute Gasteiger partial charge is 0.328 e. The molecule has 1 fully saturated rings. The van der Waals surface area contributed by atoms with Crippen LogP contribution in [0.1, 0.15) is 0 Å². The van der Waals surface area contributed by atoms with Crippen molar-refractivity contribution in [2.24, 2.45) is 0 Å². The molecule has 0 spiro atoms. The summed E-state index contributed by atoms with van der Waals surface area (Å²) in [5.74, 6) is -1.01. The maximum Gasteiger partial charge on any atom is 0.328 e. The molecule has 0 saturated carbocycles. The van der Waals surface area contributed by atoms with E-state index in [0.29, 0.717) is 32.1 Å². The molecule has 1 amide bonds. The first-order valence-corrected chi connectivity index (χ1v) is 10.4. The number of hydrogen-bond acceptors (Lipinski definition) is 5. The molecule has 4 rings (SSSR count). The van der Waals surface area contributed by atoms with Gasteiger partial charge in [-0.1, -0.05) is 46.3 Å². The van der Waals surface area contributed by atoms with Gasteiger partial charge in [-0.15, -0.1) is 0 Å². The number of carbonyl (C=O) groups excluding carboxylic acids is 2. The lowest BCUT2D eigenvalue weighted by atomic mass is 10.1. The molecule has 2 aromatic carbocycles. The number of amides is 1. The predicted molar refractivity (Wildman–Crippen MR) is 114 cm³/mol. The Labute approximate surface area is 181 Å². The summed E-state index contributed by atoms with van der Waals surface area (Å²) >= 11 is 3.53. The van der Waals surface area contributed by atoms with Gasteiger partial charge in [0.05, 0.1) is 30.3 Å². The van der Waals surface area contributed by atoms with Gasteiger partial charge in [0.2, 0.25) is 5.91 Å². The highest BCUT2D eigenvalue weighted by molar-refractivity contribution is 9.10. The van der Waals surface area contributed by atoms with Crippen LogP contribution in [-0.4, -0.2) is 52.9 Å². The van der Waals surface area contributed by atoms with Crippen LogP contribution in [0.25, 0.3) is 22.2 Å². The third-order valence-corrected chi connectivity index (χ3v) is 5.56. The number of halogens is 1. The Kier molecular flexibility index (Phi) is 5.87. The molecule has 0 unspecified atom stereocenters. The topological polar surface area (TPSA) is 90.7 Å². The van der Waals surface area contributed by atoms with Gasteiger partial charge in [-0.3, -0.25) is 9.69 Å². The van der Waals surface area contributed by atoms with Crippen molar-refractivity contribution in [3.8, 4) is 11.3 Å². The SMILES string of the molecule is O=C([O-])/C=C\C(=O)N1CC[NH+](c2nc(-c3ccccc3)c3cc(Br)ccc3n2)CC1. The van der Waals surface area contributed by atoms with Gasteiger partial charge in [0.15, 0.2) is 0 Å². The van der Waals surface area contributed by atoms with Crippen molar-refractivity contribution >= 4 is 44.7 Å². The number of hydrogen-bond donors (Lipinski definition) is 1. The zero-order valence-electron chi connectivity index (χ0n) is 16.0. The summed E-state index contributed by atoms with van der Waals surface area (Å²) in [4.78, 5) is 35.0. The van der Waals surface area contributed by atoms with Crippen molar-refractivity contribution < 1.29 is 19.6 Å². The number of benzene rings is 2. The molecule has 1 saturated heterocycles. The minimum atomic E-state index is -1.38. The number of rotatable bonds is 4. The largest absolute Gasteiger partial charge is 0.545 e. The van der Waals surface area contributed by atoms with Crippen molar-refractivity contribution in [2.75, 3.05) is 26.2 Å². The molecular weight excluding hydrogens is 448 g/mol. The molecule has 1 aromatic heterocycles. The summed E-state index contributed by atoms with van der Waals surface area (Å²) < 4.78 is 0.965. The Hall–Kier alpha value is -3.10. The summed E-state index contributed by atoms with van der Waals surface area (Å²) in [6.45, 7) is 2.27. The lowest BCUT2D eigenvalue weighted by Gasteiger charge is -2.30. The van der Waals surface area contributed by atoms with Crippen LogP contribution in [0.15, 0.2) is 65.2 Å². The average molecular weight is 467 g/mol. The third-order valence-electron chi connectivity index (χ3n) is 5.06. The molecule has 152 valence electrons. The molecular formula is C22H19BrN4O3. The molecule has 8 heteroatoms. The van der Waals surface area contributed by atoms with Gasteiger partial charge in [-0.25, -0.2) is 0 Å². The van der Waals surface area contributed by atoms with E-state index in [2.05, 4.69) is 15.9 Å². The third kappa shape index (κ3) is 4.39. The first kappa shape index (κ1) is 20.2. The number of piperazine rings is 1. The van der Waals surface area contributed by atoms with Crippen molar-refractivity contribution in [1.82, 2.24) is 14.9 Å². The molecule has 1 N–H and O–H groups in total. The van der Waals surface area contributed by atoms with E-state index in [1.165, 1.54) is 0 Å². The maximum atomic E-state index is 12.1. The molecule has 0 aliphatic carbocycles. The van der Waals surface area contributed by atoms with E-state index in [-0.39, 0.29) is 5.91 Å². The second-order valence-corrected chi connectivity index (χ2v) is 7.92. The quantitative estimate of drug-likeness (QED) is 0.572. The second kappa shape index (κ2) is 8.73. The number of carbonyl (C=O) groups is 2. The summed E-state index contributed by atoms with van der Waals surface area (Å²) in [7, 11) is 0. The maximum absolute atomic E-state index is 12.1. The Morgan fingerprint density at radius 3 is 2.47 bits per heavy atom. The van der Waals surface area contributed by atoms with E-state index in [0.717, 1.165) is 43.7 Å². The zero-order valence-corrected chi connectivity index (χ0v) is 17.6. The minimum Gasteiger partial charge on any atom is -0.545 e. The molecule has 30 heavy (non-hydrogen) atoms. The van der Waals surface area contributed by atoms with E-state index in [9.17, 15) is 14.7 Å². The van der Waals surface area contributed by atoms with Crippen LogP contribution in [-0.2, 0) is 9.59 Å². The van der Waals surface area contributed by atoms with Gasteiger partial charge < -0.3 is 14.8 Å². The number of carboxylic acid groups (broad SMARTS) is 1. The van der Waals surface area contributed by atoms with E-state index in [1.54, 1.807) is 4.90 Å². The molecule has 1 aliphatic heterocycles. The fraction of sp³-hybridized carbons (Fsp3) is 0.182. The Bertz CT molecular complexity index is 1130. The van der Waals surface area contributed by atoms with Gasteiger partial charge in [0.1, 0.15) is 13.1 Å². The zero-order chi connectivity index (χ0) is 21.1. The number of fused-ring (bicyclic) bond motifs is 1. The second-order valence-electron chi connectivity index (χ2n) is 7.00. The average Bonchev–Trinajstić information content (AvgIpc) is 2.77. The highest BCUT2D eigenvalue weighted by Crippen LogP contribution is 2.28. The number of quaternary nitrogens is 1. The standard InChI is InChI=1S/C22H19BrN4O3/c23-16-6-7-18-17(14-16)21(15-4-2-1-3-5-15)25-22(24-18)27-12-10-26(11-13-27)19(28)8-9-20(29)30/h1-9,14H,10-13H2,(H,29,30)/b9-8-. The summed E-state index contributed by atoms with van der Waals surface area (Å²) in [6.07, 6.45) is 1.80. The summed E-state index contributed by atoms with van der Waals surface area (Å²) in [5, 5.41) is 11.5. The van der Waals surface area contributed by atoms with Gasteiger partial charge >= 0.3 is 5.95 Å². The molecule has 7 nitrogen and oxygen atoms in total. The predicted octanol–water partition coefficient (Wildman–Crippen LogP) is 0.724. The number of nitrogens with one attached hydrogen (secondary N) is 1. The van der Waals surface area contributed by atoms with Crippen LogP contribution in [0.2, 0.25) is 0 Å². The van der Waals surface area contributed by atoms with Gasteiger partial charge in [-0.05, 0) is 24.3 Å². The molecule has 1 aliphatic rings. The normalized spacial score (nSPS) is 15.0. The number of aliphatic carboxylic acids is 1. The first-order valence-electron chi connectivity index (χ1n) is 9.57. The van der Waals surface area contributed by atoms with Crippen molar-refractivity contribution in [3.05, 3.63) is 65.2 Å². The van der Waals surface area contributed by atoms with Gasteiger partial charge in [0, 0.05) is 21.5 Å². The lowest BCUT2D eigenvalue weighted by molar-refractivity contribution is -0.842. The fourth-order valence-corrected chi connectivity index (χ4v) is 3.90. The van der Waals surface area contributed by atoms with E-state index in [4.69, 9.17) is 9.97 Å². The van der Waals surface area contributed by atoms with Crippen LogP contribution in [0.4, 0.5) is 5.95 Å². The Morgan fingerprint density at radius 2 is 1.77 bits per heavy atom. The van der Waals surface area contributed by atoms with E-state index < -0.39 is 5.97 Å². The molecule has 3 aromatic rings. The van der Waals surface area contributed by atoms with Crippen molar-refractivity contribution in [1.29, 1.82) is 0 Å². The lowest BCUT2D eigenvalue weighted by Crippen LogP contribution is -3.11. The number of carboxylic acids is 1. The Balaban J connectivity index is 1.62. The van der Waals surface area contributed by atoms with Crippen LogP contribution in [0.3, 0.4) is 0 Å². The van der Waals surface area contributed by atoms with Crippen LogP contribution >= 0.6 is 15.9 Å². The van der Waals surface area contributed by atoms with Crippen molar-refractivity contribution in [2.45, 2.75) is 0 Å². The number of nitrogens with zero attached hydrogens (tertiary/aromatic N) is 3. The monoisotopic (exact) mass is 466 g/mol. The highest BCUT2D eigenvalue weighted by atomic mass is 79.9. The van der Waals surface area contributed by atoms with E-state index >= 15 is 0 Å². The minimum absolute atomic E-state index is 0.326. The van der Waals surface area contributed by atoms with Gasteiger partial charge in [-0.2, -0.15) is 9.97 Å². The van der Waals surface area contributed by atoms with Crippen LogP contribution < -0.4 is 10.0 Å².